The number of ketones is 1. The van der Waals surface area contributed by atoms with Gasteiger partial charge in [0.05, 0.1) is 24.5 Å². The minimum Gasteiger partial charge on any atom is -0.396 e. The topological polar surface area (TPSA) is 139 Å². The lowest BCUT2D eigenvalue weighted by Crippen LogP contribution is -2.59. The van der Waals surface area contributed by atoms with Crippen molar-refractivity contribution in [2.45, 2.75) is 103 Å². The van der Waals surface area contributed by atoms with Crippen molar-refractivity contribution in [1.29, 1.82) is 0 Å². The number of rotatable bonds is 8. The van der Waals surface area contributed by atoms with Crippen molar-refractivity contribution in [1.82, 2.24) is 0 Å². The summed E-state index contributed by atoms with van der Waals surface area (Å²) in [7, 11) is 0. The van der Waals surface area contributed by atoms with Crippen molar-refractivity contribution in [2.24, 2.45) is 28.7 Å². The number of benzene rings is 1. The molecule has 0 bridgehead atoms. The summed E-state index contributed by atoms with van der Waals surface area (Å²) in [5.41, 5.74) is 16.2. The van der Waals surface area contributed by atoms with Gasteiger partial charge in [0.25, 0.3) is 0 Å². The third-order valence-electron chi connectivity index (χ3n) is 11.0. The predicted molar refractivity (Wildman–Crippen MR) is 192 cm³/mol. The maximum atomic E-state index is 13.8. The van der Waals surface area contributed by atoms with Gasteiger partial charge in [-0.3, -0.25) is 4.79 Å². The Labute approximate surface area is 287 Å². The highest BCUT2D eigenvalue weighted by Gasteiger charge is 2.64. The number of carbonyl (C=O) groups excluding carboxylic acids is 1. The summed E-state index contributed by atoms with van der Waals surface area (Å²) in [6.45, 7) is 10.6. The van der Waals surface area contributed by atoms with Crippen molar-refractivity contribution in [3.8, 4) is 11.8 Å². The third kappa shape index (κ3) is 8.73. The molecule has 48 heavy (non-hydrogen) atoms. The van der Waals surface area contributed by atoms with Crippen LogP contribution in [0.2, 0.25) is 0 Å². The first-order valence-electron chi connectivity index (χ1n) is 17.5. The van der Waals surface area contributed by atoms with Gasteiger partial charge in [0.15, 0.2) is 5.78 Å². The van der Waals surface area contributed by atoms with Crippen LogP contribution in [-0.4, -0.2) is 52.6 Å². The number of allylic oxidation sites excluding steroid dienone is 8. The van der Waals surface area contributed by atoms with E-state index in [1.807, 2.05) is 56.3 Å². The van der Waals surface area contributed by atoms with Gasteiger partial charge in [0, 0.05) is 30.8 Å². The molecule has 0 unspecified atom stereocenters. The van der Waals surface area contributed by atoms with Gasteiger partial charge in [-0.25, -0.2) is 0 Å². The van der Waals surface area contributed by atoms with E-state index in [2.05, 4.69) is 31.4 Å². The fraction of sp³-hybridized carbons (Fsp3) is 0.537. The summed E-state index contributed by atoms with van der Waals surface area (Å²) in [4.78, 5) is 13.8. The number of aliphatic hydroxyl groups is 3. The Hall–Kier alpha value is -3.09. The van der Waals surface area contributed by atoms with Gasteiger partial charge in [-0.05, 0) is 100 Å². The van der Waals surface area contributed by atoms with Crippen LogP contribution in [0.25, 0.3) is 0 Å². The summed E-state index contributed by atoms with van der Waals surface area (Å²) in [6, 6.07) is 7.49. The monoisotopic (exact) mass is 656 g/mol. The quantitative estimate of drug-likeness (QED) is 0.101. The molecule has 7 heteroatoms. The van der Waals surface area contributed by atoms with E-state index in [9.17, 15) is 20.1 Å². The van der Waals surface area contributed by atoms with Crippen LogP contribution in [0.3, 0.4) is 0 Å². The highest BCUT2D eigenvalue weighted by Crippen LogP contribution is 2.63. The van der Waals surface area contributed by atoms with Crippen molar-refractivity contribution < 1.29 is 24.9 Å². The van der Waals surface area contributed by atoms with E-state index < -0.39 is 23.3 Å². The molecule has 1 aliphatic heterocycles. The Morgan fingerprint density at radius 2 is 2.00 bits per heavy atom. The lowest BCUT2D eigenvalue weighted by Gasteiger charge is -2.55. The first kappa shape index (κ1) is 37.7. The lowest BCUT2D eigenvalue weighted by atomic mass is 9.52. The summed E-state index contributed by atoms with van der Waals surface area (Å²) in [5.74, 6) is 5.78. The van der Waals surface area contributed by atoms with E-state index in [1.165, 1.54) is 5.57 Å². The van der Waals surface area contributed by atoms with Crippen LogP contribution in [0.4, 0.5) is 0 Å². The number of carbonyl (C=O) groups is 1. The Morgan fingerprint density at radius 1 is 1.21 bits per heavy atom. The molecule has 2 aliphatic carbocycles. The van der Waals surface area contributed by atoms with Crippen LogP contribution >= 0.6 is 0 Å². The molecule has 0 saturated heterocycles. The van der Waals surface area contributed by atoms with Gasteiger partial charge in [0.1, 0.15) is 6.61 Å². The van der Waals surface area contributed by atoms with E-state index in [1.54, 1.807) is 0 Å². The second-order valence-corrected chi connectivity index (χ2v) is 14.2. The fourth-order valence-electron chi connectivity index (χ4n) is 8.19. The molecule has 0 radical (unpaired) electrons. The molecule has 7 nitrogen and oxygen atoms in total. The Bertz CT molecular complexity index is 1500. The molecule has 1 heterocycles. The molecule has 0 aromatic heterocycles. The summed E-state index contributed by atoms with van der Waals surface area (Å²) in [6.07, 6.45) is 12.7. The molecular formula is C41H56N2O5. The van der Waals surface area contributed by atoms with Crippen LogP contribution in [0.15, 0.2) is 83.0 Å². The van der Waals surface area contributed by atoms with Crippen LogP contribution in [0.1, 0.15) is 95.9 Å². The van der Waals surface area contributed by atoms with Gasteiger partial charge in [0.2, 0.25) is 0 Å². The third-order valence-corrected chi connectivity index (χ3v) is 11.0. The standard InChI is InChI=1S/C41H56N2O5/c1-28-11-5-6-24-48-27-33(17-8-14-29(2)13-7-12-28)35-20-22-41(38(35)46)36(18-10-23-44)34(19-21-40(41,4)47)30(3)37(45)26-31-15-9-16-32(25-31)39(42)43/h8-9,12,14-17,25,35-36,38-39,44,46-47H,2,7,10-11,13,18-24,26-27,42-43H2,1,3-4H3/b14-8+,28-12+,33-17-,34-30+/t35-,36-,38-,40-,41-/m1/s1. The van der Waals surface area contributed by atoms with Crippen LogP contribution < -0.4 is 11.5 Å². The molecule has 4 rings (SSSR count). The number of aliphatic hydroxyl groups excluding tert-OH is 2. The summed E-state index contributed by atoms with van der Waals surface area (Å²) in [5, 5.41) is 34.6. The first-order chi connectivity index (χ1) is 22.9. The van der Waals surface area contributed by atoms with Crippen LogP contribution in [-0.2, 0) is 16.0 Å². The molecular weight excluding hydrogens is 600 g/mol. The van der Waals surface area contributed by atoms with Crippen molar-refractivity contribution >= 4 is 5.78 Å². The summed E-state index contributed by atoms with van der Waals surface area (Å²) >= 11 is 0. The smallest absolute Gasteiger partial charge is 0.162 e. The normalized spacial score (nSPS) is 32.7. The fourth-order valence-corrected chi connectivity index (χ4v) is 8.19. The maximum absolute atomic E-state index is 13.8. The average Bonchev–Trinajstić information content (AvgIpc) is 3.39. The zero-order valence-corrected chi connectivity index (χ0v) is 29.1. The van der Waals surface area contributed by atoms with Gasteiger partial charge in [-0.15, -0.1) is 0 Å². The van der Waals surface area contributed by atoms with Crippen molar-refractivity contribution in [2.75, 3.05) is 19.8 Å². The van der Waals surface area contributed by atoms with E-state index in [0.717, 1.165) is 40.7 Å². The highest BCUT2D eigenvalue weighted by atomic mass is 16.5. The minimum atomic E-state index is -1.18. The SMILES string of the molecule is C=C1/C=C/C=C(\[C@H]2CC[C@@]3([C@H](CCCO)/C(=C(\C)C(=O)Cc4cccc(C(N)N)c4)CC[C@@]3(C)O)[C@@H]2O)COCC#CC/C(C)=C/CC1. The van der Waals surface area contributed by atoms with Gasteiger partial charge in [-0.2, -0.15) is 0 Å². The second-order valence-electron chi connectivity index (χ2n) is 14.2. The number of Topliss-reactive ketones (excluding diaryl/α,β-unsaturated/α-hetero) is 1. The zero-order valence-electron chi connectivity index (χ0n) is 29.1. The summed E-state index contributed by atoms with van der Waals surface area (Å²) < 4.78 is 6.04. The van der Waals surface area contributed by atoms with E-state index in [-0.39, 0.29) is 30.6 Å². The van der Waals surface area contributed by atoms with Gasteiger partial charge >= 0.3 is 0 Å². The molecule has 1 spiro atoms. The molecule has 5 atom stereocenters. The Kier molecular flexibility index (Phi) is 13.4. The van der Waals surface area contributed by atoms with E-state index in [0.29, 0.717) is 63.7 Å². The lowest BCUT2D eigenvalue weighted by molar-refractivity contribution is -0.167. The van der Waals surface area contributed by atoms with Crippen LogP contribution in [0.5, 0.6) is 0 Å². The number of nitrogens with two attached hydrogens (primary N) is 2. The Morgan fingerprint density at radius 3 is 2.75 bits per heavy atom. The van der Waals surface area contributed by atoms with Gasteiger partial charge in [-0.1, -0.05) is 83.7 Å². The van der Waals surface area contributed by atoms with Crippen molar-refractivity contribution in [3.05, 3.63) is 94.1 Å². The minimum absolute atomic E-state index is 0.00251. The molecule has 0 amide bonds. The molecule has 1 aromatic rings. The largest absolute Gasteiger partial charge is 0.396 e. The number of hydrogen-bond donors (Lipinski definition) is 5. The predicted octanol–water partition coefficient (Wildman–Crippen LogP) is 5.91. The number of hydrogen-bond acceptors (Lipinski definition) is 7. The average molecular weight is 657 g/mol. The van der Waals surface area contributed by atoms with Crippen LogP contribution in [0, 0.1) is 29.1 Å². The van der Waals surface area contributed by atoms with E-state index in [4.69, 9.17) is 16.2 Å². The zero-order chi connectivity index (χ0) is 34.9. The molecule has 260 valence electrons. The van der Waals surface area contributed by atoms with Crippen molar-refractivity contribution in [3.63, 3.8) is 0 Å². The number of ether oxygens (including phenoxy) is 1. The van der Waals surface area contributed by atoms with Gasteiger partial charge < -0.3 is 31.5 Å². The Balaban J connectivity index is 1.68. The highest BCUT2D eigenvalue weighted by molar-refractivity contribution is 5.97. The molecule has 2 fully saturated rings. The molecule has 1 aromatic carbocycles. The van der Waals surface area contributed by atoms with E-state index >= 15 is 0 Å². The second kappa shape index (κ2) is 17.0. The molecule has 7 N–H and O–H groups in total. The molecule has 2 saturated carbocycles. The molecule has 3 aliphatic rings. The maximum Gasteiger partial charge on any atom is 0.162 e. The first-order valence-corrected chi connectivity index (χ1v) is 17.5.